The Hall–Kier alpha value is -0.920. The number of benzene rings is 1. The highest BCUT2D eigenvalue weighted by atomic mass is 19.2. The van der Waals surface area contributed by atoms with Gasteiger partial charge in [-0.15, -0.1) is 0 Å². The van der Waals surface area contributed by atoms with Gasteiger partial charge in [0.2, 0.25) is 0 Å². The van der Waals surface area contributed by atoms with Gasteiger partial charge in [0.25, 0.3) is 0 Å². The van der Waals surface area contributed by atoms with Crippen molar-refractivity contribution in [2.45, 2.75) is 77.0 Å². The van der Waals surface area contributed by atoms with Gasteiger partial charge in [0.15, 0.2) is 11.6 Å². The zero-order valence-electron chi connectivity index (χ0n) is 14.4. The Morgan fingerprint density at radius 1 is 0.870 bits per heavy atom. The first-order valence-corrected chi connectivity index (χ1v) is 9.63. The molecule has 2 saturated carbocycles. The molecule has 2 aliphatic rings. The molecule has 3 rings (SSSR count). The fourth-order valence-corrected chi connectivity index (χ4v) is 5.09. The van der Waals surface area contributed by atoms with Crippen molar-refractivity contribution in [1.82, 2.24) is 0 Å². The second kappa shape index (κ2) is 7.77. The minimum absolute atomic E-state index is 0.221. The van der Waals surface area contributed by atoms with Crippen molar-refractivity contribution in [1.29, 1.82) is 0 Å². The largest absolute Gasteiger partial charge is 0.204 e. The third kappa shape index (κ3) is 3.95. The van der Waals surface area contributed by atoms with E-state index in [0.717, 1.165) is 30.6 Å². The first-order chi connectivity index (χ1) is 11.2. The van der Waals surface area contributed by atoms with E-state index >= 15 is 0 Å². The smallest absolute Gasteiger partial charge is 0.162 e. The average molecular weight is 320 g/mol. The van der Waals surface area contributed by atoms with Crippen LogP contribution in [0.15, 0.2) is 18.2 Å². The van der Waals surface area contributed by atoms with E-state index in [1.54, 1.807) is 12.1 Å². The maximum atomic E-state index is 14.0. The van der Waals surface area contributed by atoms with Crippen LogP contribution in [0.2, 0.25) is 0 Å². The predicted molar refractivity (Wildman–Crippen MR) is 91.4 cm³/mol. The molecule has 0 saturated heterocycles. The normalized spacial score (nSPS) is 32.0. The molecule has 0 heterocycles. The Morgan fingerprint density at radius 3 is 2.09 bits per heavy atom. The standard InChI is InChI=1S/C21H30F2/c1-2-4-15-7-9-16(10-8-15)17-11-13-18(14-12-17)19-5-3-6-20(22)21(19)23/h3,5-6,15-18H,2,4,7-14H2,1H3. The first kappa shape index (κ1) is 16.9. The summed E-state index contributed by atoms with van der Waals surface area (Å²) >= 11 is 0. The molecule has 0 amide bonds. The minimum atomic E-state index is -0.695. The SMILES string of the molecule is CCCC1CCC(C2CCC(c3cccc(F)c3F)CC2)CC1. The lowest BCUT2D eigenvalue weighted by Crippen LogP contribution is -2.25. The zero-order chi connectivity index (χ0) is 16.2. The predicted octanol–water partition coefficient (Wildman–Crippen LogP) is 6.85. The monoisotopic (exact) mass is 320 g/mol. The van der Waals surface area contributed by atoms with Crippen LogP contribution in [0.25, 0.3) is 0 Å². The van der Waals surface area contributed by atoms with Crippen molar-refractivity contribution in [2.24, 2.45) is 17.8 Å². The highest BCUT2D eigenvalue weighted by molar-refractivity contribution is 5.23. The summed E-state index contributed by atoms with van der Waals surface area (Å²) in [7, 11) is 0. The number of hydrogen-bond donors (Lipinski definition) is 0. The van der Waals surface area contributed by atoms with Gasteiger partial charge in [-0.2, -0.15) is 0 Å². The van der Waals surface area contributed by atoms with Crippen LogP contribution in [-0.2, 0) is 0 Å². The van der Waals surface area contributed by atoms with Crippen LogP contribution in [0.5, 0.6) is 0 Å². The molecule has 0 radical (unpaired) electrons. The molecule has 0 aliphatic heterocycles. The molecule has 0 nitrogen and oxygen atoms in total. The van der Waals surface area contributed by atoms with Gasteiger partial charge in [0.1, 0.15) is 0 Å². The lowest BCUT2D eigenvalue weighted by Gasteiger charge is -2.38. The maximum Gasteiger partial charge on any atom is 0.162 e. The van der Waals surface area contributed by atoms with Gasteiger partial charge in [-0.3, -0.25) is 0 Å². The summed E-state index contributed by atoms with van der Waals surface area (Å²) in [6, 6.07) is 4.65. The van der Waals surface area contributed by atoms with Gasteiger partial charge in [0.05, 0.1) is 0 Å². The number of rotatable bonds is 4. The molecule has 2 heteroatoms. The first-order valence-electron chi connectivity index (χ1n) is 9.63. The molecule has 0 N–H and O–H groups in total. The summed E-state index contributed by atoms with van der Waals surface area (Å²) < 4.78 is 27.4. The van der Waals surface area contributed by atoms with Crippen molar-refractivity contribution < 1.29 is 8.78 Å². The number of hydrogen-bond acceptors (Lipinski definition) is 0. The lowest BCUT2D eigenvalue weighted by atomic mass is 9.68. The second-order valence-corrected chi connectivity index (χ2v) is 7.82. The van der Waals surface area contributed by atoms with Gasteiger partial charge in [-0.05, 0) is 73.8 Å². The molecule has 2 aliphatic carbocycles. The average Bonchev–Trinajstić information content (AvgIpc) is 2.59. The Kier molecular flexibility index (Phi) is 5.71. The highest BCUT2D eigenvalue weighted by Crippen LogP contribution is 2.44. The van der Waals surface area contributed by atoms with Crippen molar-refractivity contribution >= 4 is 0 Å². The quantitative estimate of drug-likeness (QED) is 0.569. The molecular formula is C21H30F2. The fraction of sp³-hybridized carbons (Fsp3) is 0.714. The maximum absolute atomic E-state index is 14.0. The van der Waals surface area contributed by atoms with Crippen molar-refractivity contribution in [3.63, 3.8) is 0 Å². The van der Waals surface area contributed by atoms with E-state index in [1.165, 1.54) is 57.4 Å². The van der Waals surface area contributed by atoms with E-state index in [4.69, 9.17) is 0 Å². The van der Waals surface area contributed by atoms with Crippen LogP contribution in [0, 0.1) is 29.4 Å². The number of halogens is 2. The third-order valence-corrected chi connectivity index (χ3v) is 6.45. The third-order valence-electron chi connectivity index (χ3n) is 6.45. The summed E-state index contributed by atoms with van der Waals surface area (Å²) in [4.78, 5) is 0. The zero-order valence-corrected chi connectivity index (χ0v) is 14.4. The molecule has 128 valence electrons. The van der Waals surface area contributed by atoms with E-state index in [9.17, 15) is 8.78 Å². The van der Waals surface area contributed by atoms with E-state index in [2.05, 4.69) is 6.92 Å². The Labute approximate surface area is 139 Å². The van der Waals surface area contributed by atoms with Gasteiger partial charge in [0, 0.05) is 0 Å². The van der Waals surface area contributed by atoms with E-state index in [-0.39, 0.29) is 5.92 Å². The molecule has 1 aromatic rings. The summed E-state index contributed by atoms with van der Waals surface area (Å²) in [6.07, 6.45) is 12.8. The molecule has 0 bridgehead atoms. The molecule has 1 aromatic carbocycles. The Bertz CT molecular complexity index is 495. The van der Waals surface area contributed by atoms with Crippen LogP contribution in [0.4, 0.5) is 8.78 Å². The van der Waals surface area contributed by atoms with Gasteiger partial charge >= 0.3 is 0 Å². The Morgan fingerprint density at radius 2 is 1.48 bits per heavy atom. The van der Waals surface area contributed by atoms with Crippen molar-refractivity contribution in [3.05, 3.63) is 35.4 Å². The van der Waals surface area contributed by atoms with Crippen molar-refractivity contribution in [3.8, 4) is 0 Å². The van der Waals surface area contributed by atoms with E-state index < -0.39 is 11.6 Å². The van der Waals surface area contributed by atoms with Crippen LogP contribution < -0.4 is 0 Å². The topological polar surface area (TPSA) is 0 Å². The van der Waals surface area contributed by atoms with Gasteiger partial charge in [-0.25, -0.2) is 8.78 Å². The minimum Gasteiger partial charge on any atom is -0.204 e. The molecule has 23 heavy (non-hydrogen) atoms. The summed E-state index contributed by atoms with van der Waals surface area (Å²) in [6.45, 7) is 2.29. The second-order valence-electron chi connectivity index (χ2n) is 7.82. The van der Waals surface area contributed by atoms with E-state index in [1.807, 2.05) is 0 Å². The van der Waals surface area contributed by atoms with Crippen LogP contribution in [0.3, 0.4) is 0 Å². The van der Waals surface area contributed by atoms with Crippen molar-refractivity contribution in [2.75, 3.05) is 0 Å². The molecule has 0 aromatic heterocycles. The molecule has 0 atom stereocenters. The molecular weight excluding hydrogens is 290 g/mol. The highest BCUT2D eigenvalue weighted by Gasteiger charge is 2.32. The van der Waals surface area contributed by atoms with Crippen LogP contribution >= 0.6 is 0 Å². The summed E-state index contributed by atoms with van der Waals surface area (Å²) in [5, 5.41) is 0. The molecule has 0 spiro atoms. The van der Waals surface area contributed by atoms with Gasteiger partial charge < -0.3 is 0 Å². The lowest BCUT2D eigenvalue weighted by molar-refractivity contribution is 0.156. The molecule has 2 fully saturated rings. The summed E-state index contributed by atoms with van der Waals surface area (Å²) in [5.41, 5.74) is 0.607. The van der Waals surface area contributed by atoms with E-state index in [0.29, 0.717) is 5.56 Å². The van der Waals surface area contributed by atoms with Crippen LogP contribution in [-0.4, -0.2) is 0 Å². The van der Waals surface area contributed by atoms with Gasteiger partial charge in [-0.1, -0.05) is 44.7 Å². The summed E-state index contributed by atoms with van der Waals surface area (Å²) in [5.74, 6) is 1.59. The fourth-order valence-electron chi connectivity index (χ4n) is 5.09. The van der Waals surface area contributed by atoms with Crippen LogP contribution in [0.1, 0.15) is 82.6 Å². The molecule has 0 unspecified atom stereocenters. The Balaban J connectivity index is 1.52.